The first kappa shape index (κ1) is 32.2. The van der Waals surface area contributed by atoms with Crippen LogP contribution in [0.2, 0.25) is 0 Å². The highest BCUT2D eigenvalue weighted by atomic mass is 16.5. The van der Waals surface area contributed by atoms with Gasteiger partial charge in [-0.25, -0.2) is 9.78 Å². The fourth-order valence-electron chi connectivity index (χ4n) is 5.65. The second kappa shape index (κ2) is 14.7. The highest BCUT2D eigenvalue weighted by molar-refractivity contribution is 6.07. The molecule has 0 unspecified atom stereocenters. The van der Waals surface area contributed by atoms with Crippen LogP contribution in [0.1, 0.15) is 62.6 Å². The number of hydrogen-bond acceptors (Lipinski definition) is 5. The normalized spacial score (nSPS) is 11.2. The van der Waals surface area contributed by atoms with Gasteiger partial charge >= 0.3 is 6.03 Å². The molecule has 0 saturated carbocycles. The number of amides is 2. The maximum atomic E-state index is 14.2. The summed E-state index contributed by atoms with van der Waals surface area (Å²) in [5, 5.41) is 6.81. The molecule has 0 aliphatic rings. The van der Waals surface area contributed by atoms with Gasteiger partial charge < -0.3 is 15.4 Å². The highest BCUT2D eigenvalue weighted by Gasteiger charge is 2.23. The summed E-state index contributed by atoms with van der Waals surface area (Å²) >= 11 is 0. The van der Waals surface area contributed by atoms with E-state index in [1.54, 1.807) is 29.2 Å². The highest BCUT2D eigenvalue weighted by Crippen LogP contribution is 2.36. The van der Waals surface area contributed by atoms with E-state index >= 15 is 0 Å². The van der Waals surface area contributed by atoms with Crippen molar-refractivity contribution < 1.29 is 9.53 Å². The van der Waals surface area contributed by atoms with Gasteiger partial charge in [-0.15, -0.1) is 6.58 Å². The van der Waals surface area contributed by atoms with Gasteiger partial charge in [0.2, 0.25) is 0 Å². The number of fused-ring (bicyclic) bond motifs is 1. The number of para-hydroxylation sites is 1. The van der Waals surface area contributed by atoms with E-state index in [0.717, 1.165) is 39.7 Å². The molecule has 0 radical (unpaired) electrons. The maximum Gasteiger partial charge on any atom is 0.323 e. The SMILES string of the molecule is C=CCCn1c(=O)c(NC(=O)Nc2c(C(C)C)cccc2C(C)C)c(-c2cccc(OCCc3ccncc3)c2)c2cccnc21. The lowest BCUT2D eigenvalue weighted by atomic mass is 9.93. The van der Waals surface area contributed by atoms with Gasteiger partial charge in [-0.05, 0) is 76.9 Å². The second-order valence-corrected chi connectivity index (χ2v) is 11.8. The van der Waals surface area contributed by atoms with Crippen molar-refractivity contribution >= 4 is 28.4 Å². The third kappa shape index (κ3) is 7.18. The number of allylic oxidation sites excluding steroid dienone is 1. The molecule has 2 N–H and O–H groups in total. The van der Waals surface area contributed by atoms with Crippen LogP contribution in [0.4, 0.5) is 16.2 Å². The molecule has 8 heteroatoms. The minimum Gasteiger partial charge on any atom is -0.493 e. The van der Waals surface area contributed by atoms with Crippen LogP contribution < -0.4 is 20.9 Å². The van der Waals surface area contributed by atoms with E-state index in [9.17, 15) is 9.59 Å². The molecule has 3 aromatic heterocycles. The summed E-state index contributed by atoms with van der Waals surface area (Å²) in [6.45, 7) is 13.1. The molecule has 2 amide bonds. The molecule has 2 aromatic carbocycles. The number of aryl methyl sites for hydroxylation is 1. The van der Waals surface area contributed by atoms with E-state index in [0.29, 0.717) is 36.5 Å². The Balaban J connectivity index is 1.58. The number of aromatic nitrogens is 3. The molecule has 46 heavy (non-hydrogen) atoms. The molecular formula is C38H41N5O3. The molecule has 0 aliphatic heterocycles. The number of hydrogen-bond donors (Lipinski definition) is 2. The van der Waals surface area contributed by atoms with Gasteiger partial charge in [0, 0.05) is 48.2 Å². The monoisotopic (exact) mass is 615 g/mol. The summed E-state index contributed by atoms with van der Waals surface area (Å²) in [6.07, 6.45) is 8.26. The first-order valence-corrected chi connectivity index (χ1v) is 15.7. The quantitative estimate of drug-likeness (QED) is 0.137. The Morgan fingerprint density at radius 1 is 0.913 bits per heavy atom. The summed E-state index contributed by atoms with van der Waals surface area (Å²) in [7, 11) is 0. The zero-order valence-corrected chi connectivity index (χ0v) is 26.9. The van der Waals surface area contributed by atoms with E-state index in [-0.39, 0.29) is 23.1 Å². The largest absolute Gasteiger partial charge is 0.493 e. The van der Waals surface area contributed by atoms with E-state index in [1.165, 1.54) is 0 Å². The minimum atomic E-state index is -0.489. The van der Waals surface area contributed by atoms with Crippen molar-refractivity contribution in [1.82, 2.24) is 14.5 Å². The van der Waals surface area contributed by atoms with Crippen LogP contribution in [0.3, 0.4) is 0 Å². The van der Waals surface area contributed by atoms with Crippen LogP contribution in [-0.4, -0.2) is 27.2 Å². The van der Waals surface area contributed by atoms with Gasteiger partial charge in [0.15, 0.2) is 0 Å². The number of carbonyl (C=O) groups excluding carboxylic acids is 1. The van der Waals surface area contributed by atoms with Crippen molar-refractivity contribution in [3.8, 4) is 16.9 Å². The number of pyridine rings is 3. The first-order valence-electron chi connectivity index (χ1n) is 15.7. The predicted octanol–water partition coefficient (Wildman–Crippen LogP) is 8.55. The molecule has 8 nitrogen and oxygen atoms in total. The van der Waals surface area contributed by atoms with E-state index in [1.807, 2.05) is 66.7 Å². The lowest BCUT2D eigenvalue weighted by Gasteiger charge is -2.22. The van der Waals surface area contributed by atoms with E-state index in [4.69, 9.17) is 4.74 Å². The summed E-state index contributed by atoms with van der Waals surface area (Å²) in [6, 6.07) is 20.9. The first-order chi connectivity index (χ1) is 22.3. The van der Waals surface area contributed by atoms with E-state index < -0.39 is 6.03 Å². The van der Waals surface area contributed by atoms with E-state index in [2.05, 4.69) is 54.9 Å². The maximum absolute atomic E-state index is 14.2. The molecule has 0 saturated heterocycles. The number of nitrogens with one attached hydrogen (secondary N) is 2. The fourth-order valence-corrected chi connectivity index (χ4v) is 5.65. The summed E-state index contributed by atoms with van der Waals surface area (Å²) in [5.74, 6) is 1.03. The number of anilines is 2. The van der Waals surface area contributed by atoms with Crippen molar-refractivity contribution in [2.24, 2.45) is 0 Å². The lowest BCUT2D eigenvalue weighted by molar-refractivity contribution is 0.262. The molecule has 0 spiro atoms. The van der Waals surface area contributed by atoms with Gasteiger partial charge in [0.1, 0.15) is 17.1 Å². The Morgan fingerprint density at radius 3 is 2.30 bits per heavy atom. The molecule has 0 fully saturated rings. The topological polar surface area (TPSA) is 98.1 Å². The average molecular weight is 616 g/mol. The molecule has 0 bridgehead atoms. The molecule has 0 atom stereocenters. The smallest absolute Gasteiger partial charge is 0.323 e. The Morgan fingerprint density at radius 2 is 1.61 bits per heavy atom. The molecule has 236 valence electrons. The second-order valence-electron chi connectivity index (χ2n) is 11.8. The van der Waals surface area contributed by atoms with Crippen LogP contribution in [0.25, 0.3) is 22.2 Å². The zero-order chi connectivity index (χ0) is 32.6. The average Bonchev–Trinajstić information content (AvgIpc) is 3.05. The number of carbonyl (C=O) groups is 1. The number of ether oxygens (including phenoxy) is 1. The Kier molecular flexibility index (Phi) is 10.3. The number of urea groups is 1. The predicted molar refractivity (Wildman–Crippen MR) is 187 cm³/mol. The third-order valence-corrected chi connectivity index (χ3v) is 7.96. The zero-order valence-electron chi connectivity index (χ0n) is 26.9. The van der Waals surface area contributed by atoms with Crippen molar-refractivity contribution in [3.63, 3.8) is 0 Å². The van der Waals surface area contributed by atoms with Crippen LogP contribution in [0, 0.1) is 0 Å². The van der Waals surface area contributed by atoms with Gasteiger partial charge in [0.05, 0.1) is 6.61 Å². The summed E-state index contributed by atoms with van der Waals surface area (Å²) in [4.78, 5) is 36.8. The fraction of sp³-hybridized carbons (Fsp3) is 0.263. The number of rotatable bonds is 12. The van der Waals surface area contributed by atoms with Crippen LogP contribution in [0.5, 0.6) is 5.75 Å². The molecule has 5 rings (SSSR count). The Hall–Kier alpha value is -5.24. The van der Waals surface area contributed by atoms with Crippen molar-refractivity contribution in [3.05, 3.63) is 125 Å². The van der Waals surface area contributed by atoms with Gasteiger partial charge in [-0.1, -0.05) is 64.1 Å². The Bertz CT molecular complexity index is 1870. The molecule has 5 aromatic rings. The van der Waals surface area contributed by atoms with Gasteiger partial charge in [-0.2, -0.15) is 0 Å². The molecule has 0 aliphatic carbocycles. The third-order valence-electron chi connectivity index (χ3n) is 7.96. The summed E-state index contributed by atoms with van der Waals surface area (Å²) < 4.78 is 7.74. The van der Waals surface area contributed by atoms with Crippen LogP contribution in [0.15, 0.2) is 103 Å². The Labute approximate surface area is 270 Å². The van der Waals surface area contributed by atoms with Crippen LogP contribution >= 0.6 is 0 Å². The van der Waals surface area contributed by atoms with Gasteiger partial charge in [-0.3, -0.25) is 14.3 Å². The van der Waals surface area contributed by atoms with Crippen LogP contribution in [-0.2, 0) is 13.0 Å². The molecule has 3 heterocycles. The lowest BCUT2D eigenvalue weighted by Crippen LogP contribution is -2.30. The minimum absolute atomic E-state index is 0.170. The molecular weight excluding hydrogens is 574 g/mol. The van der Waals surface area contributed by atoms with Crippen molar-refractivity contribution in [1.29, 1.82) is 0 Å². The summed E-state index contributed by atoms with van der Waals surface area (Å²) in [5.41, 5.74) is 5.63. The van der Waals surface area contributed by atoms with Crippen molar-refractivity contribution in [2.45, 2.75) is 58.9 Å². The number of nitrogens with zero attached hydrogens (tertiary/aromatic N) is 3. The standard InChI is InChI=1S/C38H41N5O3/c1-6-7-22-43-36-32(15-10-19-40-36)33(28-11-8-12-29(24-28)46-23-18-27-16-20-39-21-17-27)35(37(43)44)42-38(45)41-34-30(25(2)3)13-9-14-31(34)26(4)5/h6,8-17,19-21,24-26H,1,7,18,22-23H2,2-5H3,(H2,41,42,45). The van der Waals surface area contributed by atoms with Crippen molar-refractivity contribution in [2.75, 3.05) is 17.2 Å². The van der Waals surface area contributed by atoms with Gasteiger partial charge in [0.25, 0.3) is 5.56 Å². The number of benzene rings is 2.